The number of nitrogens with one attached hydrogen (secondary N) is 2. The largest absolute Gasteiger partial charge is 0.508 e. The number of phenolic OH excluding ortho intramolecular Hbond substituents is 2. The average molecular weight is 383 g/mol. The van der Waals surface area contributed by atoms with Crippen molar-refractivity contribution in [2.45, 2.75) is 0 Å². The van der Waals surface area contributed by atoms with Crippen molar-refractivity contribution >= 4 is 23.6 Å². The number of fused-ring (bicyclic) bond motifs is 1. The summed E-state index contributed by atoms with van der Waals surface area (Å²) in [7, 11) is 0. The lowest BCUT2D eigenvalue weighted by molar-refractivity contribution is -0.121. The standard InChI is InChI=1S/C19H17N3O6/c23-12-7-11(8-13(24)9-12)17(26)21-6-5-20-16(25)10-22-18(27)14-3-1-2-4-15(14)19(22)28/h1-4,7-9,23-24H,5-6,10H2,(H,20,25)(H,21,26). The van der Waals surface area contributed by atoms with E-state index in [0.717, 1.165) is 11.0 Å². The van der Waals surface area contributed by atoms with Crippen LogP contribution in [0.3, 0.4) is 0 Å². The number of imide groups is 1. The normalized spacial score (nSPS) is 12.6. The quantitative estimate of drug-likeness (QED) is 0.417. The second-order valence-corrected chi connectivity index (χ2v) is 6.09. The van der Waals surface area contributed by atoms with Crippen LogP contribution >= 0.6 is 0 Å². The molecule has 9 nitrogen and oxygen atoms in total. The van der Waals surface area contributed by atoms with Gasteiger partial charge in [-0.05, 0) is 24.3 Å². The van der Waals surface area contributed by atoms with E-state index in [-0.39, 0.29) is 41.3 Å². The first-order chi connectivity index (χ1) is 13.4. The van der Waals surface area contributed by atoms with Crippen LogP contribution < -0.4 is 10.6 Å². The number of phenols is 2. The Morgan fingerprint density at radius 1 is 0.857 bits per heavy atom. The Morgan fingerprint density at radius 3 is 1.96 bits per heavy atom. The number of carbonyl (C=O) groups excluding carboxylic acids is 4. The van der Waals surface area contributed by atoms with Crippen molar-refractivity contribution in [3.63, 3.8) is 0 Å². The Kier molecular flexibility index (Phi) is 5.25. The minimum atomic E-state index is -0.543. The second-order valence-electron chi connectivity index (χ2n) is 6.09. The summed E-state index contributed by atoms with van der Waals surface area (Å²) in [5, 5.41) is 23.8. The molecule has 0 radical (unpaired) electrons. The lowest BCUT2D eigenvalue weighted by Crippen LogP contribution is -2.42. The lowest BCUT2D eigenvalue weighted by atomic mass is 10.1. The zero-order valence-electron chi connectivity index (χ0n) is 14.6. The number of nitrogens with zero attached hydrogens (tertiary/aromatic N) is 1. The molecule has 0 fully saturated rings. The first-order valence-corrected chi connectivity index (χ1v) is 8.40. The fraction of sp³-hybridized carbons (Fsp3) is 0.158. The summed E-state index contributed by atoms with van der Waals surface area (Å²) in [5.41, 5.74) is 0.596. The van der Waals surface area contributed by atoms with Crippen LogP contribution in [0.5, 0.6) is 11.5 Å². The molecule has 1 heterocycles. The SMILES string of the molecule is O=C(CN1C(=O)c2ccccc2C1=O)NCCNC(=O)c1cc(O)cc(O)c1. The minimum Gasteiger partial charge on any atom is -0.508 e. The third-order valence-corrected chi connectivity index (χ3v) is 4.08. The molecule has 0 aliphatic carbocycles. The van der Waals surface area contributed by atoms with Crippen LogP contribution in [-0.4, -0.2) is 58.4 Å². The molecule has 0 bridgehead atoms. The van der Waals surface area contributed by atoms with Gasteiger partial charge in [0.25, 0.3) is 17.7 Å². The van der Waals surface area contributed by atoms with Crippen molar-refractivity contribution < 1.29 is 29.4 Å². The smallest absolute Gasteiger partial charge is 0.262 e. The van der Waals surface area contributed by atoms with Gasteiger partial charge in [0, 0.05) is 24.7 Å². The topological polar surface area (TPSA) is 136 Å². The highest BCUT2D eigenvalue weighted by Gasteiger charge is 2.36. The van der Waals surface area contributed by atoms with Gasteiger partial charge in [0.1, 0.15) is 18.0 Å². The predicted molar refractivity (Wildman–Crippen MR) is 96.9 cm³/mol. The van der Waals surface area contributed by atoms with Crippen LogP contribution in [0.25, 0.3) is 0 Å². The molecule has 9 heteroatoms. The highest BCUT2D eigenvalue weighted by molar-refractivity contribution is 6.22. The first kappa shape index (κ1) is 18.9. The van der Waals surface area contributed by atoms with Gasteiger partial charge in [-0.3, -0.25) is 24.1 Å². The molecule has 0 saturated heterocycles. The van der Waals surface area contributed by atoms with Crippen LogP contribution in [0.1, 0.15) is 31.1 Å². The molecule has 0 aromatic heterocycles. The summed E-state index contributed by atoms with van der Waals surface area (Å²) >= 11 is 0. The maximum absolute atomic E-state index is 12.2. The van der Waals surface area contributed by atoms with E-state index in [2.05, 4.69) is 10.6 Å². The van der Waals surface area contributed by atoms with Gasteiger partial charge >= 0.3 is 0 Å². The van der Waals surface area contributed by atoms with Gasteiger partial charge in [-0.15, -0.1) is 0 Å². The number of rotatable bonds is 6. The molecule has 2 aromatic carbocycles. The molecule has 0 unspecified atom stereocenters. The van der Waals surface area contributed by atoms with E-state index in [1.54, 1.807) is 12.1 Å². The van der Waals surface area contributed by atoms with Crippen molar-refractivity contribution in [2.24, 2.45) is 0 Å². The van der Waals surface area contributed by atoms with Crippen molar-refractivity contribution in [3.8, 4) is 11.5 Å². The van der Waals surface area contributed by atoms with Crippen LogP contribution in [0.15, 0.2) is 42.5 Å². The average Bonchev–Trinajstić information content (AvgIpc) is 2.89. The molecule has 4 N–H and O–H groups in total. The number of hydrogen-bond acceptors (Lipinski definition) is 6. The first-order valence-electron chi connectivity index (χ1n) is 8.40. The van der Waals surface area contributed by atoms with E-state index in [1.807, 2.05) is 0 Å². The lowest BCUT2D eigenvalue weighted by Gasteiger charge is -2.13. The summed E-state index contributed by atoms with van der Waals surface area (Å²) < 4.78 is 0. The number of carbonyl (C=O) groups is 4. The zero-order valence-corrected chi connectivity index (χ0v) is 14.6. The fourth-order valence-electron chi connectivity index (χ4n) is 2.79. The molecule has 3 rings (SSSR count). The van der Waals surface area contributed by atoms with Crippen LogP contribution in [0.4, 0.5) is 0 Å². The number of amides is 4. The monoisotopic (exact) mass is 383 g/mol. The Hall–Kier alpha value is -3.88. The van der Waals surface area contributed by atoms with Gasteiger partial charge in [0.2, 0.25) is 5.91 Å². The van der Waals surface area contributed by atoms with E-state index in [0.29, 0.717) is 0 Å². The fourth-order valence-corrected chi connectivity index (χ4v) is 2.79. The highest BCUT2D eigenvalue weighted by Crippen LogP contribution is 2.22. The maximum Gasteiger partial charge on any atom is 0.262 e. The minimum absolute atomic E-state index is 0.0647. The molecule has 4 amide bonds. The van der Waals surface area contributed by atoms with E-state index >= 15 is 0 Å². The van der Waals surface area contributed by atoms with Gasteiger partial charge in [-0.1, -0.05) is 12.1 Å². The summed E-state index contributed by atoms with van der Waals surface area (Å²) in [6.45, 7) is -0.275. The second kappa shape index (κ2) is 7.78. The van der Waals surface area contributed by atoms with E-state index in [9.17, 15) is 29.4 Å². The van der Waals surface area contributed by atoms with Gasteiger partial charge in [0.05, 0.1) is 11.1 Å². The third kappa shape index (κ3) is 3.93. The van der Waals surface area contributed by atoms with Crippen LogP contribution in [0, 0.1) is 0 Å². The molecule has 2 aromatic rings. The molecule has 1 aliphatic heterocycles. The van der Waals surface area contributed by atoms with Gasteiger partial charge in [-0.2, -0.15) is 0 Å². The van der Waals surface area contributed by atoms with Crippen LogP contribution in [-0.2, 0) is 4.79 Å². The Bertz CT molecular complexity index is 917. The molecule has 28 heavy (non-hydrogen) atoms. The van der Waals surface area contributed by atoms with E-state index < -0.39 is 30.2 Å². The number of hydrogen-bond donors (Lipinski definition) is 4. The molecule has 0 atom stereocenters. The maximum atomic E-state index is 12.2. The Balaban J connectivity index is 1.46. The van der Waals surface area contributed by atoms with Crippen LogP contribution in [0.2, 0.25) is 0 Å². The molecule has 1 aliphatic rings. The summed E-state index contributed by atoms with van der Waals surface area (Å²) in [6, 6.07) is 9.82. The van der Waals surface area contributed by atoms with Crippen molar-refractivity contribution in [1.29, 1.82) is 0 Å². The highest BCUT2D eigenvalue weighted by atomic mass is 16.3. The van der Waals surface area contributed by atoms with Crippen molar-refractivity contribution in [2.75, 3.05) is 19.6 Å². The number of aromatic hydroxyl groups is 2. The molecular weight excluding hydrogens is 366 g/mol. The Morgan fingerprint density at radius 2 is 1.39 bits per heavy atom. The summed E-state index contributed by atoms with van der Waals surface area (Å²) in [6.07, 6.45) is 0. The van der Waals surface area contributed by atoms with E-state index in [1.165, 1.54) is 24.3 Å². The van der Waals surface area contributed by atoms with Gasteiger partial charge < -0.3 is 20.8 Å². The summed E-state index contributed by atoms with van der Waals surface area (Å²) in [4.78, 5) is 49.2. The zero-order chi connectivity index (χ0) is 20.3. The third-order valence-electron chi connectivity index (χ3n) is 4.08. The van der Waals surface area contributed by atoms with Crippen molar-refractivity contribution in [3.05, 3.63) is 59.2 Å². The predicted octanol–water partition coefficient (Wildman–Crippen LogP) is 0.240. The van der Waals surface area contributed by atoms with Crippen molar-refractivity contribution in [1.82, 2.24) is 15.5 Å². The van der Waals surface area contributed by atoms with Gasteiger partial charge in [-0.25, -0.2) is 0 Å². The molecule has 144 valence electrons. The summed E-state index contributed by atoms with van der Waals surface area (Å²) in [5.74, 6) is -2.63. The Labute approximate surface area is 159 Å². The molecule has 0 spiro atoms. The molecular formula is C19H17N3O6. The van der Waals surface area contributed by atoms with E-state index in [4.69, 9.17) is 0 Å². The van der Waals surface area contributed by atoms with Gasteiger partial charge in [0.15, 0.2) is 0 Å². The molecule has 0 saturated carbocycles. The number of benzene rings is 2.